The molecule has 0 saturated carbocycles. The number of aromatic nitrogens is 2. The number of rotatable bonds is 2. The summed E-state index contributed by atoms with van der Waals surface area (Å²) in [6.45, 7) is 3.45. The van der Waals surface area contributed by atoms with Gasteiger partial charge in [0.15, 0.2) is 5.82 Å². The summed E-state index contributed by atoms with van der Waals surface area (Å²) < 4.78 is 1.63. The number of benzene rings is 1. The van der Waals surface area contributed by atoms with Gasteiger partial charge in [-0.05, 0) is 12.1 Å². The molecule has 3 N–H and O–H groups in total. The molecule has 0 atom stereocenters. The number of anilines is 2. The maximum atomic E-state index is 9.36. The standard InChI is InChI=1S/C14H16N6/c15-10-12-13(16)20(11-4-2-1-3-5-11)18-14(12)19-8-6-17-7-9-19/h1-5,17H,6-9,16H2. The fourth-order valence-electron chi connectivity index (χ4n) is 2.39. The summed E-state index contributed by atoms with van der Waals surface area (Å²) in [5, 5.41) is 17.2. The fraction of sp³-hybridized carbons (Fsp3) is 0.286. The Morgan fingerprint density at radius 2 is 1.90 bits per heavy atom. The third kappa shape index (κ3) is 2.08. The van der Waals surface area contributed by atoms with Crippen LogP contribution in [0.25, 0.3) is 5.69 Å². The second-order valence-corrected chi connectivity index (χ2v) is 4.68. The lowest BCUT2D eigenvalue weighted by atomic mass is 10.2. The number of piperazine rings is 1. The van der Waals surface area contributed by atoms with Crippen LogP contribution in [-0.2, 0) is 0 Å². The van der Waals surface area contributed by atoms with Crippen molar-refractivity contribution in [3.63, 3.8) is 0 Å². The minimum absolute atomic E-state index is 0.396. The first-order chi connectivity index (χ1) is 9.81. The lowest BCUT2D eigenvalue weighted by Gasteiger charge is -2.27. The van der Waals surface area contributed by atoms with Crippen molar-refractivity contribution >= 4 is 11.6 Å². The molecular formula is C14H16N6. The van der Waals surface area contributed by atoms with E-state index in [0.717, 1.165) is 31.9 Å². The van der Waals surface area contributed by atoms with Crippen molar-refractivity contribution in [2.24, 2.45) is 0 Å². The highest BCUT2D eigenvalue weighted by Gasteiger charge is 2.22. The van der Waals surface area contributed by atoms with Gasteiger partial charge in [0.2, 0.25) is 0 Å². The lowest BCUT2D eigenvalue weighted by Crippen LogP contribution is -2.44. The van der Waals surface area contributed by atoms with E-state index >= 15 is 0 Å². The molecule has 1 aliphatic rings. The van der Waals surface area contributed by atoms with Gasteiger partial charge >= 0.3 is 0 Å². The number of hydrogen-bond acceptors (Lipinski definition) is 5. The quantitative estimate of drug-likeness (QED) is 0.839. The highest BCUT2D eigenvalue weighted by molar-refractivity contribution is 5.67. The molecule has 2 heterocycles. The Bertz CT molecular complexity index is 634. The van der Waals surface area contributed by atoms with Crippen LogP contribution in [0.5, 0.6) is 0 Å². The van der Waals surface area contributed by atoms with E-state index in [1.807, 2.05) is 30.3 Å². The molecule has 2 aromatic rings. The van der Waals surface area contributed by atoms with Crippen LogP contribution in [0.3, 0.4) is 0 Å². The molecule has 6 heteroatoms. The van der Waals surface area contributed by atoms with Crippen molar-refractivity contribution in [1.82, 2.24) is 15.1 Å². The summed E-state index contributed by atoms with van der Waals surface area (Å²) in [5.41, 5.74) is 7.41. The van der Waals surface area contributed by atoms with Gasteiger partial charge in [-0.25, -0.2) is 4.68 Å². The van der Waals surface area contributed by atoms with Crippen molar-refractivity contribution < 1.29 is 0 Å². The molecule has 0 bridgehead atoms. The van der Waals surface area contributed by atoms with Crippen molar-refractivity contribution in [2.75, 3.05) is 36.8 Å². The first kappa shape index (κ1) is 12.5. The second-order valence-electron chi connectivity index (χ2n) is 4.68. The van der Waals surface area contributed by atoms with Gasteiger partial charge in [-0.15, -0.1) is 5.10 Å². The molecule has 1 aromatic carbocycles. The van der Waals surface area contributed by atoms with Crippen LogP contribution in [-0.4, -0.2) is 36.0 Å². The Morgan fingerprint density at radius 3 is 2.55 bits per heavy atom. The minimum Gasteiger partial charge on any atom is -0.382 e. The molecule has 0 radical (unpaired) electrons. The van der Waals surface area contributed by atoms with Crippen molar-refractivity contribution in [1.29, 1.82) is 5.26 Å². The van der Waals surface area contributed by atoms with Gasteiger partial charge in [-0.1, -0.05) is 18.2 Å². The zero-order chi connectivity index (χ0) is 13.9. The maximum Gasteiger partial charge on any atom is 0.171 e. The van der Waals surface area contributed by atoms with Crippen LogP contribution < -0.4 is 16.0 Å². The molecule has 0 unspecified atom stereocenters. The summed E-state index contributed by atoms with van der Waals surface area (Å²) in [6, 6.07) is 11.8. The molecule has 3 rings (SSSR count). The summed E-state index contributed by atoms with van der Waals surface area (Å²) in [6.07, 6.45) is 0. The van der Waals surface area contributed by atoms with Gasteiger partial charge in [-0.2, -0.15) is 5.26 Å². The number of nitrogens with one attached hydrogen (secondary N) is 1. The van der Waals surface area contributed by atoms with E-state index in [9.17, 15) is 5.26 Å². The molecule has 1 aliphatic heterocycles. The van der Waals surface area contributed by atoms with E-state index in [-0.39, 0.29) is 0 Å². The predicted octanol–water partition coefficient (Wildman–Crippen LogP) is 0.736. The first-order valence-corrected chi connectivity index (χ1v) is 6.61. The van der Waals surface area contributed by atoms with Crippen LogP contribution in [0.4, 0.5) is 11.6 Å². The topological polar surface area (TPSA) is 82.9 Å². The zero-order valence-corrected chi connectivity index (χ0v) is 11.1. The Labute approximate surface area is 117 Å². The monoisotopic (exact) mass is 268 g/mol. The number of nitrogen functional groups attached to an aromatic ring is 1. The fourth-order valence-corrected chi connectivity index (χ4v) is 2.39. The molecule has 6 nitrogen and oxygen atoms in total. The van der Waals surface area contributed by atoms with Gasteiger partial charge in [0, 0.05) is 26.2 Å². The molecular weight excluding hydrogens is 252 g/mol. The molecule has 20 heavy (non-hydrogen) atoms. The second kappa shape index (κ2) is 5.23. The number of para-hydroxylation sites is 1. The van der Waals surface area contributed by atoms with Crippen molar-refractivity contribution in [3.8, 4) is 11.8 Å². The average Bonchev–Trinajstić information content (AvgIpc) is 2.86. The predicted molar refractivity (Wildman–Crippen MR) is 77.8 cm³/mol. The van der Waals surface area contributed by atoms with Crippen LogP contribution in [0, 0.1) is 11.3 Å². The van der Waals surface area contributed by atoms with Crippen molar-refractivity contribution in [2.45, 2.75) is 0 Å². The van der Waals surface area contributed by atoms with E-state index in [2.05, 4.69) is 21.4 Å². The van der Waals surface area contributed by atoms with Gasteiger partial charge in [0.25, 0.3) is 0 Å². The molecule has 0 aliphatic carbocycles. The van der Waals surface area contributed by atoms with Crippen LogP contribution in [0.1, 0.15) is 5.56 Å². The van der Waals surface area contributed by atoms with Crippen LogP contribution in [0.2, 0.25) is 0 Å². The maximum absolute atomic E-state index is 9.36. The van der Waals surface area contributed by atoms with E-state index in [1.54, 1.807) is 4.68 Å². The first-order valence-electron chi connectivity index (χ1n) is 6.61. The SMILES string of the molecule is N#Cc1c(N2CCNCC2)nn(-c2ccccc2)c1N. The van der Waals surface area contributed by atoms with Gasteiger partial charge < -0.3 is 16.0 Å². The van der Waals surface area contributed by atoms with E-state index in [4.69, 9.17) is 5.73 Å². The van der Waals surface area contributed by atoms with Crippen molar-refractivity contribution in [3.05, 3.63) is 35.9 Å². The minimum atomic E-state index is 0.396. The van der Waals surface area contributed by atoms with E-state index < -0.39 is 0 Å². The summed E-state index contributed by atoms with van der Waals surface area (Å²) in [5.74, 6) is 1.07. The number of nitriles is 1. The zero-order valence-electron chi connectivity index (χ0n) is 11.1. The van der Waals surface area contributed by atoms with E-state index in [1.165, 1.54) is 0 Å². The molecule has 1 fully saturated rings. The van der Waals surface area contributed by atoms with Gasteiger partial charge in [0.05, 0.1) is 5.69 Å². The van der Waals surface area contributed by atoms with Crippen LogP contribution in [0.15, 0.2) is 30.3 Å². The third-order valence-corrected chi connectivity index (χ3v) is 3.43. The highest BCUT2D eigenvalue weighted by atomic mass is 15.4. The summed E-state index contributed by atoms with van der Waals surface area (Å²) in [7, 11) is 0. The largest absolute Gasteiger partial charge is 0.382 e. The van der Waals surface area contributed by atoms with Gasteiger partial charge in [-0.3, -0.25) is 0 Å². The molecule has 1 saturated heterocycles. The van der Waals surface area contributed by atoms with E-state index in [0.29, 0.717) is 17.2 Å². The number of hydrogen-bond donors (Lipinski definition) is 2. The average molecular weight is 268 g/mol. The smallest absolute Gasteiger partial charge is 0.171 e. The Kier molecular flexibility index (Phi) is 3.27. The summed E-state index contributed by atoms with van der Waals surface area (Å²) >= 11 is 0. The molecule has 1 aromatic heterocycles. The number of nitrogens with zero attached hydrogens (tertiary/aromatic N) is 4. The molecule has 0 amide bonds. The lowest BCUT2D eigenvalue weighted by molar-refractivity contribution is 0.583. The highest BCUT2D eigenvalue weighted by Crippen LogP contribution is 2.27. The normalized spacial score (nSPS) is 15.1. The Hall–Kier alpha value is -2.52. The summed E-state index contributed by atoms with van der Waals surface area (Å²) in [4.78, 5) is 2.10. The third-order valence-electron chi connectivity index (χ3n) is 3.43. The van der Waals surface area contributed by atoms with Crippen LogP contribution >= 0.6 is 0 Å². The molecule has 0 spiro atoms. The van der Waals surface area contributed by atoms with Gasteiger partial charge in [0.1, 0.15) is 17.5 Å². The Morgan fingerprint density at radius 1 is 1.20 bits per heavy atom. The number of nitrogens with two attached hydrogens (primary N) is 1. The molecule has 102 valence electrons. The Balaban J connectivity index is 2.05.